The molecule has 0 spiro atoms. The molecule has 1 amide bonds. The Hall–Kier alpha value is -1.87. The van der Waals surface area contributed by atoms with Gasteiger partial charge in [0.1, 0.15) is 6.04 Å². The van der Waals surface area contributed by atoms with Gasteiger partial charge in [0.15, 0.2) is 0 Å². The maximum Gasteiger partial charge on any atom is 0.326 e. The van der Waals surface area contributed by atoms with Gasteiger partial charge in [0, 0.05) is 49.4 Å². The van der Waals surface area contributed by atoms with E-state index in [2.05, 4.69) is 37.1 Å². The van der Waals surface area contributed by atoms with Crippen LogP contribution in [0.4, 0.5) is 0 Å². The number of hydrogen-bond acceptors (Lipinski definition) is 6. The second kappa shape index (κ2) is 15.0. The van der Waals surface area contributed by atoms with Crippen LogP contribution < -0.4 is 16.4 Å². The fourth-order valence-electron chi connectivity index (χ4n) is 3.14. The molecule has 4 atom stereocenters. The number of carboxylic acid groups (broad SMARTS) is 1. The zero-order valence-electron chi connectivity index (χ0n) is 18.5. The van der Waals surface area contributed by atoms with Crippen molar-refractivity contribution in [2.24, 2.45) is 11.7 Å². The molecule has 3 unspecified atom stereocenters. The van der Waals surface area contributed by atoms with E-state index >= 15 is 0 Å². The lowest BCUT2D eigenvalue weighted by Crippen LogP contribution is -2.43. The molecule has 0 saturated heterocycles. The lowest BCUT2D eigenvalue weighted by atomic mass is 9.93. The number of rotatable bonds is 15. The zero-order valence-corrected chi connectivity index (χ0v) is 19.4. The first-order chi connectivity index (χ1) is 14.8. The second-order valence-corrected chi connectivity index (χ2v) is 8.21. The number of aliphatic hydroxyl groups excluding tert-OH is 1. The third kappa shape index (κ3) is 10.3. The molecule has 0 radical (unpaired) electrons. The lowest BCUT2D eigenvalue weighted by Gasteiger charge is -2.25. The summed E-state index contributed by atoms with van der Waals surface area (Å²) in [6, 6.07) is 8.51. The SMILES string of the molecule is CCC(C)C(C/C=C(\Cc1ccccc1)C(=O)NC(CCO)C(=O)O)NC[C@H](N)CS. The van der Waals surface area contributed by atoms with Crippen LogP contribution in [0.15, 0.2) is 42.0 Å². The average Bonchev–Trinajstić information content (AvgIpc) is 2.77. The van der Waals surface area contributed by atoms with Gasteiger partial charge >= 0.3 is 5.97 Å². The largest absolute Gasteiger partial charge is 0.480 e. The van der Waals surface area contributed by atoms with E-state index in [1.54, 1.807) is 0 Å². The van der Waals surface area contributed by atoms with E-state index in [-0.39, 0.29) is 25.1 Å². The Morgan fingerprint density at radius 3 is 2.48 bits per heavy atom. The van der Waals surface area contributed by atoms with Crippen LogP contribution >= 0.6 is 12.6 Å². The Morgan fingerprint density at radius 2 is 1.94 bits per heavy atom. The number of nitrogens with one attached hydrogen (secondary N) is 2. The van der Waals surface area contributed by atoms with Crippen molar-refractivity contribution in [3.05, 3.63) is 47.5 Å². The van der Waals surface area contributed by atoms with Crippen molar-refractivity contribution in [1.29, 1.82) is 0 Å². The molecule has 1 aromatic carbocycles. The van der Waals surface area contributed by atoms with Crippen LogP contribution in [0.3, 0.4) is 0 Å². The Labute approximate surface area is 190 Å². The Kier molecular flexibility index (Phi) is 13.2. The first kappa shape index (κ1) is 27.2. The summed E-state index contributed by atoms with van der Waals surface area (Å²) in [6.45, 7) is 4.58. The molecule has 6 N–H and O–H groups in total. The van der Waals surface area contributed by atoms with Gasteiger partial charge in [-0.25, -0.2) is 4.79 Å². The van der Waals surface area contributed by atoms with Crippen molar-refractivity contribution in [2.75, 3.05) is 18.9 Å². The molecule has 0 aromatic heterocycles. The molecule has 0 saturated carbocycles. The second-order valence-electron chi connectivity index (χ2n) is 7.85. The molecule has 0 aliphatic carbocycles. The van der Waals surface area contributed by atoms with Crippen molar-refractivity contribution in [2.45, 2.75) is 57.7 Å². The minimum atomic E-state index is -1.17. The normalized spacial score (nSPS) is 15.7. The van der Waals surface area contributed by atoms with Gasteiger partial charge in [-0.15, -0.1) is 0 Å². The standard InChI is InChI=1S/C23H37N3O4S/c1-3-16(2)20(25-14-19(24)15-31)10-9-18(13-17-7-5-4-6-8-17)22(28)26-21(11-12-27)23(29)30/h4-9,16,19-21,25,27,31H,3,10-15,24H2,1-2H3,(H,26,28)(H,29,30)/b18-9+/t16?,19-,20?,21?/m0/s1. The van der Waals surface area contributed by atoms with Crippen molar-refractivity contribution in [1.82, 2.24) is 10.6 Å². The highest BCUT2D eigenvalue weighted by Crippen LogP contribution is 2.16. The Balaban J connectivity index is 3.04. The van der Waals surface area contributed by atoms with Gasteiger partial charge in [0.05, 0.1) is 0 Å². The van der Waals surface area contributed by atoms with E-state index in [1.165, 1.54) is 0 Å². The highest BCUT2D eigenvalue weighted by atomic mass is 32.1. The maximum atomic E-state index is 12.9. The number of nitrogens with two attached hydrogens (primary N) is 1. The number of benzene rings is 1. The summed E-state index contributed by atoms with van der Waals surface area (Å²) < 4.78 is 0. The summed E-state index contributed by atoms with van der Waals surface area (Å²) >= 11 is 4.23. The molecule has 0 bridgehead atoms. The highest BCUT2D eigenvalue weighted by Gasteiger charge is 2.22. The van der Waals surface area contributed by atoms with E-state index in [1.807, 2.05) is 36.4 Å². The fourth-order valence-corrected chi connectivity index (χ4v) is 3.27. The third-order valence-corrected chi connectivity index (χ3v) is 5.85. The van der Waals surface area contributed by atoms with Crippen LogP contribution in [0, 0.1) is 5.92 Å². The molecular weight excluding hydrogens is 414 g/mol. The average molecular weight is 452 g/mol. The zero-order chi connectivity index (χ0) is 23.2. The van der Waals surface area contributed by atoms with E-state index in [4.69, 9.17) is 10.8 Å². The Morgan fingerprint density at radius 1 is 1.26 bits per heavy atom. The number of hydrogen-bond donors (Lipinski definition) is 6. The minimum Gasteiger partial charge on any atom is -0.480 e. The molecule has 1 aromatic rings. The monoisotopic (exact) mass is 451 g/mol. The van der Waals surface area contributed by atoms with Crippen molar-refractivity contribution in [3.63, 3.8) is 0 Å². The van der Waals surface area contributed by atoms with Gasteiger partial charge in [-0.05, 0) is 17.9 Å². The van der Waals surface area contributed by atoms with Crippen LogP contribution in [0.1, 0.15) is 38.7 Å². The van der Waals surface area contributed by atoms with Gasteiger partial charge in [-0.1, -0.05) is 56.7 Å². The maximum absolute atomic E-state index is 12.9. The quantitative estimate of drug-likeness (QED) is 0.178. The highest BCUT2D eigenvalue weighted by molar-refractivity contribution is 7.80. The van der Waals surface area contributed by atoms with Crippen LogP contribution in [0.25, 0.3) is 0 Å². The first-order valence-electron chi connectivity index (χ1n) is 10.8. The summed E-state index contributed by atoms with van der Waals surface area (Å²) in [4.78, 5) is 24.3. The number of carboxylic acids is 1. The molecule has 7 nitrogen and oxygen atoms in total. The fraction of sp³-hybridized carbons (Fsp3) is 0.565. The van der Waals surface area contributed by atoms with Gasteiger partial charge in [0.2, 0.25) is 5.91 Å². The van der Waals surface area contributed by atoms with Crippen molar-refractivity contribution < 1.29 is 19.8 Å². The molecule has 0 aliphatic rings. The number of aliphatic carboxylic acids is 1. The Bertz CT molecular complexity index is 699. The number of thiol groups is 1. The molecule has 0 heterocycles. The number of aliphatic hydroxyl groups is 1. The molecule has 0 aliphatic heterocycles. The lowest BCUT2D eigenvalue weighted by molar-refractivity contribution is -0.141. The van der Waals surface area contributed by atoms with Crippen LogP contribution in [-0.4, -0.2) is 59.1 Å². The molecule has 8 heteroatoms. The van der Waals surface area contributed by atoms with Crippen LogP contribution in [-0.2, 0) is 16.0 Å². The first-order valence-corrected chi connectivity index (χ1v) is 11.4. The van der Waals surface area contributed by atoms with Gasteiger partial charge in [0.25, 0.3) is 0 Å². The summed E-state index contributed by atoms with van der Waals surface area (Å²) in [7, 11) is 0. The van der Waals surface area contributed by atoms with Gasteiger partial charge < -0.3 is 26.6 Å². The van der Waals surface area contributed by atoms with Crippen LogP contribution in [0.2, 0.25) is 0 Å². The van der Waals surface area contributed by atoms with Crippen molar-refractivity contribution in [3.8, 4) is 0 Å². The summed E-state index contributed by atoms with van der Waals surface area (Å²) in [5.74, 6) is -0.648. The summed E-state index contributed by atoms with van der Waals surface area (Å²) in [5, 5.41) is 24.5. The predicted octanol–water partition coefficient (Wildman–Crippen LogP) is 1.76. The van der Waals surface area contributed by atoms with E-state index in [0.717, 1.165) is 12.0 Å². The number of amides is 1. The van der Waals surface area contributed by atoms with Crippen LogP contribution in [0.5, 0.6) is 0 Å². The molecule has 1 rings (SSSR count). The molecular formula is C23H37N3O4S. The topological polar surface area (TPSA) is 125 Å². The summed E-state index contributed by atoms with van der Waals surface area (Å²) in [6.07, 6.45) is 3.82. The third-order valence-electron chi connectivity index (χ3n) is 5.38. The number of carbonyl (C=O) groups excluding carboxylic acids is 1. The van der Waals surface area contributed by atoms with E-state index in [0.29, 0.717) is 36.6 Å². The number of carbonyl (C=O) groups is 2. The van der Waals surface area contributed by atoms with Crippen molar-refractivity contribution >= 4 is 24.5 Å². The van der Waals surface area contributed by atoms with Gasteiger partial charge in [-0.2, -0.15) is 12.6 Å². The predicted molar refractivity (Wildman–Crippen MR) is 127 cm³/mol. The van der Waals surface area contributed by atoms with E-state index in [9.17, 15) is 14.7 Å². The molecule has 0 fully saturated rings. The van der Waals surface area contributed by atoms with Gasteiger partial charge in [-0.3, -0.25) is 4.79 Å². The molecule has 174 valence electrons. The minimum absolute atomic E-state index is 0.0433. The smallest absolute Gasteiger partial charge is 0.326 e. The summed E-state index contributed by atoms with van der Waals surface area (Å²) in [5.41, 5.74) is 7.45. The molecule has 31 heavy (non-hydrogen) atoms. The van der Waals surface area contributed by atoms with E-state index < -0.39 is 17.9 Å².